The van der Waals surface area contributed by atoms with Crippen molar-refractivity contribution in [2.75, 3.05) is 40.1 Å². The number of rotatable bonds is 7. The number of nitrogens with one attached hydrogen (secondary N) is 1. The molecular weight excluding hydrogens is 933 g/mol. The number of anilines is 2. The molecule has 0 saturated heterocycles. The normalized spacial score (nSPS) is 19.8. The summed E-state index contributed by atoms with van der Waals surface area (Å²) >= 11 is 22.6. The van der Waals surface area contributed by atoms with Crippen molar-refractivity contribution in [1.29, 1.82) is 0 Å². The predicted molar refractivity (Wildman–Crippen MR) is 247 cm³/mol. The van der Waals surface area contributed by atoms with Crippen molar-refractivity contribution >= 4 is 101 Å². The molecule has 1 amide bonds. The van der Waals surface area contributed by atoms with E-state index in [2.05, 4.69) is 15.1 Å². The number of ether oxygens (including phenoxy) is 2. The summed E-state index contributed by atoms with van der Waals surface area (Å²) < 4.78 is 85.4. The summed E-state index contributed by atoms with van der Waals surface area (Å²) in [7, 11) is -9.12. The zero-order valence-corrected chi connectivity index (χ0v) is 40.3. The van der Waals surface area contributed by atoms with Gasteiger partial charge in [-0.1, -0.05) is 47.0 Å². The van der Waals surface area contributed by atoms with Gasteiger partial charge in [0.2, 0.25) is 5.91 Å². The number of esters is 1. The fraction of sp³-hybridized carbons (Fsp3) is 0.455. The molecule has 0 aliphatic carbocycles. The average molecular weight is 979 g/mol. The van der Waals surface area contributed by atoms with Gasteiger partial charge in [-0.05, 0) is 97.4 Å². The second-order valence-corrected chi connectivity index (χ2v) is 24.2. The number of nitrogens with zero attached hydrogens (tertiary/aromatic N) is 2. The molecule has 0 fully saturated rings. The van der Waals surface area contributed by atoms with Gasteiger partial charge < -0.3 is 24.6 Å². The molecule has 0 atom stereocenters. The number of hydrogen-bond donors (Lipinski definition) is 3. The van der Waals surface area contributed by atoms with E-state index in [1.807, 2.05) is 60.6 Å². The zero-order valence-electron chi connectivity index (χ0n) is 35.6. The molecular formula is C44H46Cl3N3O10S3. The van der Waals surface area contributed by atoms with Crippen molar-refractivity contribution < 1.29 is 45.0 Å². The van der Waals surface area contributed by atoms with Gasteiger partial charge in [-0.3, -0.25) is 13.9 Å². The summed E-state index contributed by atoms with van der Waals surface area (Å²) in [5.74, 6) is -1.98. The molecule has 6 heterocycles. The lowest BCUT2D eigenvalue weighted by molar-refractivity contribution is -0.119. The van der Waals surface area contributed by atoms with Crippen LogP contribution in [0, 0.1) is 0 Å². The van der Waals surface area contributed by atoms with Crippen molar-refractivity contribution in [1.82, 2.24) is 5.32 Å². The number of hydrogen-bond acceptors (Lipinski definition) is 11. The van der Waals surface area contributed by atoms with E-state index < -0.39 is 59.9 Å². The molecule has 63 heavy (non-hydrogen) atoms. The lowest BCUT2D eigenvalue weighted by Gasteiger charge is -2.50. The fourth-order valence-electron chi connectivity index (χ4n) is 10.5. The Morgan fingerprint density at radius 3 is 1.73 bits per heavy atom. The number of thioether (sulfide) groups is 1. The van der Waals surface area contributed by atoms with Crippen LogP contribution in [-0.2, 0) is 48.2 Å². The van der Waals surface area contributed by atoms with Crippen LogP contribution in [-0.4, -0.2) is 84.8 Å². The van der Waals surface area contributed by atoms with E-state index in [0.29, 0.717) is 72.5 Å². The highest BCUT2D eigenvalue weighted by Gasteiger charge is 2.59. The van der Waals surface area contributed by atoms with Crippen molar-refractivity contribution in [2.24, 2.45) is 0 Å². The molecule has 19 heteroatoms. The van der Waals surface area contributed by atoms with Gasteiger partial charge in [0.1, 0.15) is 23.0 Å². The number of carbonyl (C=O) groups excluding carboxylic acids is 2. The average Bonchev–Trinajstić information content (AvgIpc) is 3.45. The maximum Gasteiger partial charge on any atom is 0.341 e. The maximum atomic E-state index is 14.7. The second-order valence-electron chi connectivity index (χ2n) is 19.1. The Bertz CT molecular complexity index is 2790. The molecule has 1 spiro atoms. The van der Waals surface area contributed by atoms with Crippen LogP contribution >= 0.6 is 46.6 Å². The van der Waals surface area contributed by atoms with E-state index in [-0.39, 0.29) is 53.9 Å². The van der Waals surface area contributed by atoms with Crippen LogP contribution in [0.15, 0.2) is 29.2 Å². The van der Waals surface area contributed by atoms with Crippen LogP contribution in [0.3, 0.4) is 0 Å². The Kier molecular flexibility index (Phi) is 10.3. The minimum absolute atomic E-state index is 0.0248. The zero-order chi connectivity index (χ0) is 45.7. The van der Waals surface area contributed by atoms with E-state index in [0.717, 1.165) is 34.3 Å². The van der Waals surface area contributed by atoms with Crippen molar-refractivity contribution in [3.05, 3.63) is 83.9 Å². The number of fused-ring (bicyclic) bond motifs is 8. The summed E-state index contributed by atoms with van der Waals surface area (Å²) in [6.07, 6.45) is 5.99. The number of halogens is 3. The van der Waals surface area contributed by atoms with Gasteiger partial charge in [-0.15, -0.1) is 11.8 Å². The summed E-state index contributed by atoms with van der Waals surface area (Å²) in [5, 5.41) is 2.67. The summed E-state index contributed by atoms with van der Waals surface area (Å²) in [5.41, 5.74) is 1.17. The third-order valence-electron chi connectivity index (χ3n) is 12.6. The van der Waals surface area contributed by atoms with Gasteiger partial charge in [0.15, 0.2) is 5.60 Å². The van der Waals surface area contributed by atoms with E-state index in [1.54, 1.807) is 12.1 Å². The molecule has 0 unspecified atom stereocenters. The highest BCUT2D eigenvalue weighted by molar-refractivity contribution is 8.00. The second kappa shape index (κ2) is 14.5. The Morgan fingerprint density at radius 2 is 1.29 bits per heavy atom. The standard InChI is InChI=1S/C44H46Cl3N3O10S3/c1-41(2,3)48-29(51)18-61-39-33(46)31-30(32(45)34(39)47)40(52)60-44(31)27-14-25-21(19-62(53,54)55)16-42(4,5)49-12-8-10-23(35(25)49)37(27)59-38-24-11-9-13-50-36(24)26(15-28(38)44)22(17-43(50,6)7)20-63(56,57)58/h14-17H,8-13,18-20H2,1-7H3,(H,48,51)(H,53,54,55)(H,56,57,58). The first-order valence-electron chi connectivity index (χ1n) is 20.5. The summed E-state index contributed by atoms with van der Waals surface area (Å²) in [6.45, 7) is 14.7. The Labute approximate surface area is 386 Å². The quantitative estimate of drug-likeness (QED) is 0.0886. The molecule has 6 aliphatic heterocycles. The van der Waals surface area contributed by atoms with Crippen LogP contribution in [0.2, 0.25) is 15.1 Å². The lowest BCUT2D eigenvalue weighted by Crippen LogP contribution is -2.49. The first-order chi connectivity index (χ1) is 29.1. The molecule has 0 radical (unpaired) electrons. The smallest absolute Gasteiger partial charge is 0.341 e. The van der Waals surface area contributed by atoms with Gasteiger partial charge in [-0.2, -0.15) is 16.8 Å². The van der Waals surface area contributed by atoms with E-state index in [1.165, 1.54) is 0 Å². The molecule has 3 aromatic carbocycles. The van der Waals surface area contributed by atoms with Gasteiger partial charge >= 0.3 is 5.97 Å². The van der Waals surface area contributed by atoms with E-state index >= 15 is 0 Å². The SMILES string of the molecule is CC(C)(C)NC(=O)CSc1c(Cl)c(Cl)c2c(c1Cl)C1(OC2=O)c2cc3c4c(c2Oc2c1cc1c5c2CCCN5C(C)(C)C=C1CS(=O)(=O)O)CCCN4C(C)(C)C=C3CS(=O)(=O)O. The van der Waals surface area contributed by atoms with Crippen LogP contribution in [0.25, 0.3) is 11.1 Å². The molecule has 0 aromatic heterocycles. The van der Waals surface area contributed by atoms with Gasteiger partial charge in [0, 0.05) is 62.5 Å². The van der Waals surface area contributed by atoms with Crippen molar-refractivity contribution in [2.45, 2.75) is 101 Å². The molecule has 6 aliphatic rings. The van der Waals surface area contributed by atoms with Gasteiger partial charge in [0.05, 0.1) is 48.8 Å². The number of benzene rings is 3. The minimum Gasteiger partial charge on any atom is -0.456 e. The minimum atomic E-state index is -4.56. The molecule has 3 aromatic rings. The van der Waals surface area contributed by atoms with Gasteiger partial charge in [-0.25, -0.2) is 4.79 Å². The Hall–Kier alpha value is -3.48. The predicted octanol–water partition coefficient (Wildman–Crippen LogP) is 8.85. The summed E-state index contributed by atoms with van der Waals surface area (Å²) in [4.78, 5) is 32.5. The van der Waals surface area contributed by atoms with Crippen LogP contribution in [0.1, 0.15) is 111 Å². The highest BCUT2D eigenvalue weighted by Crippen LogP contribution is 2.66. The maximum absolute atomic E-state index is 14.7. The number of carbonyl (C=O) groups is 2. The first kappa shape index (κ1) is 44.7. The molecule has 3 N–H and O–H groups in total. The molecule has 9 rings (SSSR count). The monoisotopic (exact) mass is 977 g/mol. The summed E-state index contributed by atoms with van der Waals surface area (Å²) in [6, 6.07) is 3.45. The van der Waals surface area contributed by atoms with Crippen LogP contribution in [0.5, 0.6) is 11.5 Å². The van der Waals surface area contributed by atoms with Crippen molar-refractivity contribution in [3.63, 3.8) is 0 Å². The fourth-order valence-corrected chi connectivity index (χ4v) is 13.8. The van der Waals surface area contributed by atoms with E-state index in [9.17, 15) is 35.5 Å². The molecule has 0 bridgehead atoms. The molecule has 0 saturated carbocycles. The van der Waals surface area contributed by atoms with E-state index in [4.69, 9.17) is 44.3 Å². The Morgan fingerprint density at radius 1 is 0.810 bits per heavy atom. The van der Waals surface area contributed by atoms with Gasteiger partial charge in [0.25, 0.3) is 20.2 Å². The molecule has 336 valence electrons. The third kappa shape index (κ3) is 7.17. The van der Waals surface area contributed by atoms with Crippen LogP contribution < -0.4 is 19.9 Å². The van der Waals surface area contributed by atoms with Crippen molar-refractivity contribution in [3.8, 4) is 11.5 Å². The Balaban J connectivity index is 1.41. The molecule has 13 nitrogen and oxygen atoms in total. The third-order valence-corrected chi connectivity index (χ3v) is 16.5. The van der Waals surface area contributed by atoms with Crippen LogP contribution in [0.4, 0.5) is 11.4 Å². The lowest BCUT2D eigenvalue weighted by atomic mass is 9.71. The first-order valence-corrected chi connectivity index (χ1v) is 25.8. The largest absolute Gasteiger partial charge is 0.456 e. The highest BCUT2D eigenvalue weighted by atomic mass is 35.5. The number of amides is 1. The topological polar surface area (TPSA) is 180 Å².